The molecule has 0 bridgehead atoms. The van der Waals surface area contributed by atoms with Gasteiger partial charge in [0.15, 0.2) is 0 Å². The molecule has 0 radical (unpaired) electrons. The van der Waals surface area contributed by atoms with Gasteiger partial charge in [0.25, 0.3) is 0 Å². The van der Waals surface area contributed by atoms with Crippen molar-refractivity contribution in [1.82, 2.24) is 10.6 Å². The molecule has 19 heavy (non-hydrogen) atoms. The van der Waals surface area contributed by atoms with Crippen LogP contribution in [0.2, 0.25) is 0 Å². The van der Waals surface area contributed by atoms with E-state index in [0.717, 1.165) is 6.42 Å². The molecule has 6 heteroatoms. The first kappa shape index (κ1) is 17.7. The molecule has 2 amide bonds. The average molecular weight is 274 g/mol. The highest BCUT2D eigenvalue weighted by atomic mass is 16.5. The number of carbonyl (C=O) groups is 2. The van der Waals surface area contributed by atoms with Crippen LogP contribution in [0.3, 0.4) is 0 Å². The fourth-order valence-corrected chi connectivity index (χ4v) is 1.36. The summed E-state index contributed by atoms with van der Waals surface area (Å²) >= 11 is 0. The van der Waals surface area contributed by atoms with Crippen molar-refractivity contribution in [3.63, 3.8) is 0 Å². The molecule has 0 aliphatic rings. The molecule has 0 spiro atoms. The van der Waals surface area contributed by atoms with E-state index in [4.69, 9.17) is 9.84 Å². The fourth-order valence-electron chi connectivity index (χ4n) is 1.36. The first-order chi connectivity index (χ1) is 8.84. The van der Waals surface area contributed by atoms with Crippen molar-refractivity contribution in [2.75, 3.05) is 19.8 Å². The van der Waals surface area contributed by atoms with Gasteiger partial charge in [0.05, 0.1) is 6.61 Å². The first-order valence-corrected chi connectivity index (χ1v) is 6.69. The fraction of sp³-hybridized carbons (Fsp3) is 0.846. The van der Waals surface area contributed by atoms with Crippen molar-refractivity contribution in [3.8, 4) is 0 Å². The van der Waals surface area contributed by atoms with E-state index in [1.54, 1.807) is 13.8 Å². The Bertz CT molecular complexity index is 280. The number of carboxylic acid groups (broad SMARTS) is 1. The SMILES string of the molecule is CC(C)CCOCCNC(=O)N[C@@H](C(=O)O)C(C)C. The van der Waals surface area contributed by atoms with Gasteiger partial charge < -0.3 is 20.5 Å². The maximum atomic E-state index is 11.5. The van der Waals surface area contributed by atoms with Crippen LogP contribution in [0.25, 0.3) is 0 Å². The van der Waals surface area contributed by atoms with Gasteiger partial charge in [0, 0.05) is 13.2 Å². The molecule has 1 atom stereocenters. The molecule has 0 aromatic heterocycles. The second kappa shape index (κ2) is 9.61. The van der Waals surface area contributed by atoms with Crippen LogP contribution in [0.15, 0.2) is 0 Å². The number of hydrogen-bond donors (Lipinski definition) is 3. The van der Waals surface area contributed by atoms with E-state index in [1.165, 1.54) is 0 Å². The highest BCUT2D eigenvalue weighted by Crippen LogP contribution is 2.01. The molecule has 0 saturated carbocycles. The zero-order valence-corrected chi connectivity index (χ0v) is 12.2. The number of hydrogen-bond acceptors (Lipinski definition) is 3. The minimum atomic E-state index is -1.03. The van der Waals surface area contributed by atoms with E-state index in [1.807, 2.05) is 0 Å². The average Bonchev–Trinajstić information content (AvgIpc) is 2.29. The molecule has 112 valence electrons. The van der Waals surface area contributed by atoms with Gasteiger partial charge in [-0.1, -0.05) is 27.7 Å². The smallest absolute Gasteiger partial charge is 0.326 e. The van der Waals surface area contributed by atoms with Gasteiger partial charge >= 0.3 is 12.0 Å². The van der Waals surface area contributed by atoms with Crippen molar-refractivity contribution >= 4 is 12.0 Å². The molecule has 0 aliphatic heterocycles. The summed E-state index contributed by atoms with van der Waals surface area (Å²) in [5, 5.41) is 13.9. The summed E-state index contributed by atoms with van der Waals surface area (Å²) in [6.07, 6.45) is 0.987. The quantitative estimate of drug-likeness (QED) is 0.555. The number of carbonyl (C=O) groups excluding carboxylic acids is 1. The van der Waals surface area contributed by atoms with E-state index in [0.29, 0.717) is 25.7 Å². The number of nitrogens with one attached hydrogen (secondary N) is 2. The topological polar surface area (TPSA) is 87.7 Å². The monoisotopic (exact) mass is 274 g/mol. The molecule has 0 fully saturated rings. The third kappa shape index (κ3) is 9.30. The highest BCUT2D eigenvalue weighted by Gasteiger charge is 2.22. The summed E-state index contributed by atoms with van der Waals surface area (Å²) in [5.41, 5.74) is 0. The Kier molecular flexibility index (Phi) is 8.95. The number of urea groups is 1. The molecule has 0 heterocycles. The van der Waals surface area contributed by atoms with Crippen LogP contribution in [-0.2, 0) is 9.53 Å². The molecule has 0 saturated heterocycles. The normalized spacial score (nSPS) is 12.5. The minimum absolute atomic E-state index is 0.162. The lowest BCUT2D eigenvalue weighted by Crippen LogP contribution is -2.49. The van der Waals surface area contributed by atoms with Crippen LogP contribution in [-0.4, -0.2) is 42.9 Å². The van der Waals surface area contributed by atoms with Crippen LogP contribution in [0.1, 0.15) is 34.1 Å². The minimum Gasteiger partial charge on any atom is -0.480 e. The summed E-state index contributed by atoms with van der Waals surface area (Å²) in [7, 11) is 0. The van der Waals surface area contributed by atoms with Gasteiger partial charge in [0.1, 0.15) is 6.04 Å². The summed E-state index contributed by atoms with van der Waals surface area (Å²) in [4.78, 5) is 22.4. The molecule has 0 aliphatic carbocycles. The Morgan fingerprint density at radius 2 is 1.79 bits per heavy atom. The molecule has 0 aromatic carbocycles. The molecule has 0 unspecified atom stereocenters. The standard InChI is InChI=1S/C13H26N2O4/c1-9(2)5-7-19-8-6-14-13(18)15-11(10(3)4)12(16)17/h9-11H,5-8H2,1-4H3,(H,16,17)(H2,14,15,18)/t11-/m1/s1. The Morgan fingerprint density at radius 3 is 2.26 bits per heavy atom. The summed E-state index contributed by atoms with van der Waals surface area (Å²) in [5.74, 6) is -0.595. The third-order valence-corrected chi connectivity index (χ3v) is 2.59. The van der Waals surface area contributed by atoms with Crippen molar-refractivity contribution in [2.45, 2.75) is 40.2 Å². The number of ether oxygens (including phenoxy) is 1. The summed E-state index contributed by atoms with van der Waals surface area (Å²) < 4.78 is 5.34. The largest absolute Gasteiger partial charge is 0.480 e. The van der Waals surface area contributed by atoms with Crippen molar-refractivity contribution in [3.05, 3.63) is 0 Å². The zero-order chi connectivity index (χ0) is 14.8. The molecule has 0 rings (SSSR count). The maximum absolute atomic E-state index is 11.5. The van der Waals surface area contributed by atoms with Gasteiger partial charge in [-0.2, -0.15) is 0 Å². The number of aliphatic carboxylic acids is 1. The first-order valence-electron chi connectivity index (χ1n) is 6.69. The van der Waals surface area contributed by atoms with Crippen molar-refractivity contribution in [1.29, 1.82) is 0 Å². The Balaban J connectivity index is 3.72. The predicted octanol–water partition coefficient (Wildman–Crippen LogP) is 1.46. The molecule has 0 aromatic rings. The number of amides is 2. The van der Waals surface area contributed by atoms with Crippen LogP contribution >= 0.6 is 0 Å². The second-order valence-corrected chi connectivity index (χ2v) is 5.26. The number of rotatable bonds is 9. The van der Waals surface area contributed by atoms with Gasteiger partial charge in [-0.3, -0.25) is 0 Å². The van der Waals surface area contributed by atoms with Gasteiger partial charge in [-0.05, 0) is 18.3 Å². The lowest BCUT2D eigenvalue weighted by atomic mass is 10.1. The second-order valence-electron chi connectivity index (χ2n) is 5.26. The van der Waals surface area contributed by atoms with Crippen LogP contribution in [0.5, 0.6) is 0 Å². The van der Waals surface area contributed by atoms with Crippen LogP contribution in [0.4, 0.5) is 4.79 Å². The van der Waals surface area contributed by atoms with E-state index in [2.05, 4.69) is 24.5 Å². The molecular weight excluding hydrogens is 248 g/mol. The molecule has 3 N–H and O–H groups in total. The molecule has 6 nitrogen and oxygen atoms in total. The van der Waals surface area contributed by atoms with Gasteiger partial charge in [-0.15, -0.1) is 0 Å². The summed E-state index contributed by atoms with van der Waals surface area (Å²) in [6, 6.07) is -1.35. The summed E-state index contributed by atoms with van der Waals surface area (Å²) in [6.45, 7) is 9.20. The Hall–Kier alpha value is -1.30. The predicted molar refractivity (Wildman–Crippen MR) is 73.1 cm³/mol. The molecular formula is C13H26N2O4. The van der Waals surface area contributed by atoms with E-state index < -0.39 is 18.0 Å². The van der Waals surface area contributed by atoms with E-state index in [-0.39, 0.29) is 5.92 Å². The van der Waals surface area contributed by atoms with Crippen molar-refractivity contribution < 1.29 is 19.4 Å². The lowest BCUT2D eigenvalue weighted by molar-refractivity contribution is -0.140. The maximum Gasteiger partial charge on any atom is 0.326 e. The van der Waals surface area contributed by atoms with Crippen molar-refractivity contribution in [2.24, 2.45) is 11.8 Å². The Morgan fingerprint density at radius 1 is 1.16 bits per heavy atom. The van der Waals surface area contributed by atoms with E-state index in [9.17, 15) is 9.59 Å². The highest BCUT2D eigenvalue weighted by molar-refractivity contribution is 5.82. The van der Waals surface area contributed by atoms with Crippen LogP contribution < -0.4 is 10.6 Å². The van der Waals surface area contributed by atoms with Crippen LogP contribution in [0, 0.1) is 11.8 Å². The number of carboxylic acids is 1. The third-order valence-electron chi connectivity index (χ3n) is 2.59. The Labute approximate surface area is 114 Å². The lowest BCUT2D eigenvalue weighted by Gasteiger charge is -2.18. The van der Waals surface area contributed by atoms with Gasteiger partial charge in [-0.25, -0.2) is 9.59 Å². The van der Waals surface area contributed by atoms with E-state index >= 15 is 0 Å². The zero-order valence-electron chi connectivity index (χ0n) is 12.2. The van der Waals surface area contributed by atoms with Gasteiger partial charge in [0.2, 0.25) is 0 Å².